The van der Waals surface area contributed by atoms with Crippen LogP contribution in [0.15, 0.2) is 42.7 Å². The van der Waals surface area contributed by atoms with Crippen LogP contribution in [-0.2, 0) is 9.53 Å². The molecule has 0 bridgehead atoms. The van der Waals surface area contributed by atoms with Crippen LogP contribution in [0.25, 0.3) is 6.08 Å². The molecule has 0 spiro atoms. The van der Waals surface area contributed by atoms with Gasteiger partial charge in [0, 0.05) is 11.8 Å². The van der Waals surface area contributed by atoms with Gasteiger partial charge in [-0.2, -0.15) is 0 Å². The number of ketones is 1. The van der Waals surface area contributed by atoms with E-state index in [2.05, 4.69) is 4.98 Å². The Hall–Kier alpha value is -3.35. The standard InChI is InChI=1S/C22H25NO6/c1-22(2,3)29-21(25)14-28-17-11-16(12-23-13-17)18(24)8-6-15-7-9-19(26-4)20(10-15)27-5/h6-13H,14H2,1-5H3. The number of hydrogen-bond donors (Lipinski definition) is 0. The van der Waals surface area contributed by atoms with E-state index in [1.54, 1.807) is 53.2 Å². The van der Waals surface area contributed by atoms with Crippen molar-refractivity contribution in [3.05, 3.63) is 53.9 Å². The molecule has 7 heteroatoms. The van der Waals surface area contributed by atoms with E-state index < -0.39 is 11.6 Å². The van der Waals surface area contributed by atoms with Gasteiger partial charge in [-0.25, -0.2) is 4.79 Å². The van der Waals surface area contributed by atoms with Crippen molar-refractivity contribution in [2.24, 2.45) is 0 Å². The Morgan fingerprint density at radius 3 is 2.41 bits per heavy atom. The van der Waals surface area contributed by atoms with E-state index in [0.29, 0.717) is 22.8 Å². The average Bonchev–Trinajstić information content (AvgIpc) is 2.69. The fourth-order valence-electron chi connectivity index (χ4n) is 2.37. The summed E-state index contributed by atoms with van der Waals surface area (Å²) >= 11 is 0. The van der Waals surface area contributed by atoms with Gasteiger partial charge in [-0.1, -0.05) is 12.1 Å². The lowest BCUT2D eigenvalue weighted by molar-refractivity contribution is -0.157. The van der Waals surface area contributed by atoms with Crippen LogP contribution >= 0.6 is 0 Å². The van der Waals surface area contributed by atoms with E-state index in [-0.39, 0.29) is 12.4 Å². The van der Waals surface area contributed by atoms with Crippen molar-refractivity contribution < 1.29 is 28.5 Å². The molecular weight excluding hydrogens is 374 g/mol. The highest BCUT2D eigenvalue weighted by Crippen LogP contribution is 2.28. The summed E-state index contributed by atoms with van der Waals surface area (Å²) in [4.78, 5) is 28.2. The number of pyridine rings is 1. The van der Waals surface area contributed by atoms with Gasteiger partial charge in [0.05, 0.1) is 20.4 Å². The second-order valence-corrected chi connectivity index (χ2v) is 7.10. The fourth-order valence-corrected chi connectivity index (χ4v) is 2.37. The average molecular weight is 399 g/mol. The third-order valence-electron chi connectivity index (χ3n) is 3.61. The topological polar surface area (TPSA) is 84.0 Å². The van der Waals surface area contributed by atoms with Gasteiger partial charge in [0.15, 0.2) is 23.9 Å². The number of rotatable bonds is 8. The molecular formula is C22H25NO6. The number of esters is 1. The van der Waals surface area contributed by atoms with Crippen LogP contribution in [0, 0.1) is 0 Å². The maximum absolute atomic E-state index is 12.4. The molecule has 2 rings (SSSR count). The summed E-state index contributed by atoms with van der Waals surface area (Å²) in [6.07, 6.45) is 5.95. The van der Waals surface area contributed by atoms with Gasteiger partial charge >= 0.3 is 5.97 Å². The molecule has 0 aliphatic rings. The zero-order valence-electron chi connectivity index (χ0n) is 17.2. The Balaban J connectivity index is 2.03. The second kappa shape index (κ2) is 9.73. The Bertz CT molecular complexity index is 898. The predicted molar refractivity (Wildman–Crippen MR) is 108 cm³/mol. The summed E-state index contributed by atoms with van der Waals surface area (Å²) in [5, 5.41) is 0. The van der Waals surface area contributed by atoms with Gasteiger partial charge in [-0.05, 0) is 50.6 Å². The van der Waals surface area contributed by atoms with Crippen molar-refractivity contribution in [2.75, 3.05) is 20.8 Å². The van der Waals surface area contributed by atoms with Crippen LogP contribution in [0.5, 0.6) is 17.2 Å². The van der Waals surface area contributed by atoms with E-state index in [1.807, 2.05) is 6.07 Å². The van der Waals surface area contributed by atoms with Crippen LogP contribution in [0.3, 0.4) is 0 Å². The molecule has 0 radical (unpaired) electrons. The van der Waals surface area contributed by atoms with Crippen molar-refractivity contribution in [3.63, 3.8) is 0 Å². The summed E-state index contributed by atoms with van der Waals surface area (Å²) in [6, 6.07) is 6.86. The molecule has 1 aromatic heterocycles. The maximum atomic E-state index is 12.4. The predicted octanol–water partition coefficient (Wildman–Crippen LogP) is 3.72. The molecule has 29 heavy (non-hydrogen) atoms. The molecule has 0 unspecified atom stereocenters. The van der Waals surface area contributed by atoms with E-state index in [4.69, 9.17) is 18.9 Å². The quantitative estimate of drug-likeness (QED) is 0.380. The number of carbonyl (C=O) groups is 2. The number of aromatic nitrogens is 1. The van der Waals surface area contributed by atoms with Crippen LogP contribution in [0.1, 0.15) is 36.7 Å². The van der Waals surface area contributed by atoms with Crippen molar-refractivity contribution in [3.8, 4) is 17.2 Å². The smallest absolute Gasteiger partial charge is 0.344 e. The Kier molecular flexibility index (Phi) is 7.36. The van der Waals surface area contributed by atoms with Gasteiger partial charge in [-0.3, -0.25) is 9.78 Å². The third kappa shape index (κ3) is 6.95. The van der Waals surface area contributed by atoms with Gasteiger partial charge in [-0.15, -0.1) is 0 Å². The molecule has 0 amide bonds. The van der Waals surface area contributed by atoms with E-state index in [9.17, 15) is 9.59 Å². The van der Waals surface area contributed by atoms with Crippen LogP contribution in [-0.4, -0.2) is 43.2 Å². The van der Waals surface area contributed by atoms with Crippen molar-refractivity contribution in [1.82, 2.24) is 4.98 Å². The molecule has 1 heterocycles. The molecule has 0 fully saturated rings. The molecule has 2 aromatic rings. The number of benzene rings is 1. The third-order valence-corrected chi connectivity index (χ3v) is 3.61. The van der Waals surface area contributed by atoms with Crippen molar-refractivity contribution in [1.29, 1.82) is 0 Å². The van der Waals surface area contributed by atoms with Crippen LogP contribution < -0.4 is 14.2 Å². The molecule has 1 aromatic carbocycles. The first-order valence-corrected chi connectivity index (χ1v) is 8.96. The number of hydrogen-bond acceptors (Lipinski definition) is 7. The van der Waals surface area contributed by atoms with Crippen LogP contribution in [0.4, 0.5) is 0 Å². The van der Waals surface area contributed by atoms with E-state index >= 15 is 0 Å². The first kappa shape index (κ1) is 21.9. The zero-order valence-corrected chi connectivity index (χ0v) is 17.2. The molecule has 0 aliphatic carbocycles. The molecule has 7 nitrogen and oxygen atoms in total. The molecule has 0 N–H and O–H groups in total. The van der Waals surface area contributed by atoms with Gasteiger partial charge in [0.25, 0.3) is 0 Å². The van der Waals surface area contributed by atoms with Crippen molar-refractivity contribution >= 4 is 17.8 Å². The van der Waals surface area contributed by atoms with Crippen LogP contribution in [0.2, 0.25) is 0 Å². The van der Waals surface area contributed by atoms with Gasteiger partial charge < -0.3 is 18.9 Å². The molecule has 0 atom stereocenters. The monoisotopic (exact) mass is 399 g/mol. The lowest BCUT2D eigenvalue weighted by atomic mass is 10.1. The molecule has 154 valence electrons. The fraction of sp³-hybridized carbons (Fsp3) is 0.318. The lowest BCUT2D eigenvalue weighted by Gasteiger charge is -2.19. The van der Waals surface area contributed by atoms with Gasteiger partial charge in [0.2, 0.25) is 0 Å². The summed E-state index contributed by atoms with van der Waals surface area (Å²) in [6.45, 7) is 5.06. The highest BCUT2D eigenvalue weighted by Gasteiger charge is 2.16. The number of ether oxygens (including phenoxy) is 4. The van der Waals surface area contributed by atoms with E-state index in [0.717, 1.165) is 5.56 Å². The Morgan fingerprint density at radius 1 is 1.03 bits per heavy atom. The SMILES string of the molecule is COc1ccc(C=CC(=O)c2cncc(OCC(=O)OC(C)(C)C)c2)cc1OC. The lowest BCUT2D eigenvalue weighted by Crippen LogP contribution is -2.27. The minimum atomic E-state index is -0.592. The molecule has 0 saturated carbocycles. The highest BCUT2D eigenvalue weighted by molar-refractivity contribution is 6.06. The highest BCUT2D eigenvalue weighted by atomic mass is 16.6. The summed E-state index contributed by atoms with van der Waals surface area (Å²) in [5.41, 5.74) is 0.524. The Morgan fingerprint density at radius 2 is 1.76 bits per heavy atom. The molecule has 0 saturated heterocycles. The number of methoxy groups -OCH3 is 2. The number of carbonyl (C=O) groups excluding carboxylic acids is 2. The first-order chi connectivity index (χ1) is 13.7. The van der Waals surface area contributed by atoms with Crippen molar-refractivity contribution in [2.45, 2.75) is 26.4 Å². The summed E-state index contributed by atoms with van der Waals surface area (Å²) in [5.74, 6) is 0.732. The normalized spacial score (nSPS) is 11.2. The maximum Gasteiger partial charge on any atom is 0.344 e. The van der Waals surface area contributed by atoms with E-state index in [1.165, 1.54) is 24.5 Å². The van der Waals surface area contributed by atoms with Gasteiger partial charge in [0.1, 0.15) is 11.4 Å². The molecule has 0 aliphatic heterocycles. The first-order valence-electron chi connectivity index (χ1n) is 8.96. The second-order valence-electron chi connectivity index (χ2n) is 7.10. The largest absolute Gasteiger partial charge is 0.493 e. The minimum Gasteiger partial charge on any atom is -0.493 e. The number of nitrogens with zero attached hydrogens (tertiary/aromatic N) is 1. The minimum absolute atomic E-state index is 0.255. The Labute approximate surface area is 170 Å². The summed E-state index contributed by atoms with van der Waals surface area (Å²) < 4.78 is 21.0. The number of allylic oxidation sites excluding steroid dienone is 1. The summed E-state index contributed by atoms with van der Waals surface area (Å²) in [7, 11) is 3.10. The zero-order chi connectivity index (χ0) is 21.4.